The Morgan fingerprint density at radius 3 is 0.841 bits per heavy atom. The molecule has 0 spiro atoms. The minimum absolute atomic E-state index is 0.152. The summed E-state index contributed by atoms with van der Waals surface area (Å²) < 4.78 is 57.2. The second-order valence-corrected chi connectivity index (χ2v) is 37.5. The van der Waals surface area contributed by atoms with Gasteiger partial charge in [0.25, 0.3) is 0 Å². The number of pyridine rings is 5. The summed E-state index contributed by atoms with van der Waals surface area (Å²) in [6, 6.07) is 65.5. The van der Waals surface area contributed by atoms with Gasteiger partial charge in [0, 0.05) is 94.2 Å². The molecular formula is C108H134N5+5. The number of nitrogens with zero attached hydrogens (tertiary/aromatic N) is 5. The van der Waals surface area contributed by atoms with Crippen LogP contribution in [0.5, 0.6) is 0 Å². The van der Waals surface area contributed by atoms with Crippen molar-refractivity contribution >= 4 is 0 Å². The molecule has 0 amide bonds. The molecule has 12 aromatic rings. The molecule has 0 saturated carbocycles. The predicted octanol–water partition coefficient (Wildman–Crippen LogP) is 25.0. The van der Waals surface area contributed by atoms with E-state index >= 15 is 0 Å². The highest BCUT2D eigenvalue weighted by Crippen LogP contribution is 2.51. The Kier molecular flexibility index (Phi) is 22.2. The van der Waals surface area contributed by atoms with Crippen molar-refractivity contribution in [3.05, 3.63) is 313 Å². The van der Waals surface area contributed by atoms with Gasteiger partial charge in [-0.15, -0.1) is 0 Å². The van der Waals surface area contributed by atoms with Crippen molar-refractivity contribution in [2.45, 2.75) is 237 Å². The maximum atomic E-state index is 7.77. The predicted molar refractivity (Wildman–Crippen MR) is 479 cm³/mol. The zero-order chi connectivity index (χ0) is 87.4. The summed E-state index contributed by atoms with van der Waals surface area (Å²) >= 11 is 0. The monoisotopic (exact) mass is 1510 g/mol. The average Bonchev–Trinajstić information content (AvgIpc) is 0.746. The van der Waals surface area contributed by atoms with Crippen LogP contribution >= 0.6 is 0 Å². The van der Waals surface area contributed by atoms with E-state index in [0.29, 0.717) is 11.1 Å². The number of aryl methyl sites for hydroxylation is 17. The molecule has 3 aliphatic rings. The molecule has 0 atom stereocenters. The molecule has 7 aromatic carbocycles. The molecular weight excluding hydrogens is 1370 g/mol. The lowest BCUT2D eigenvalue weighted by atomic mass is 9.62. The zero-order valence-corrected chi connectivity index (χ0v) is 73.7. The first-order valence-corrected chi connectivity index (χ1v) is 41.1. The summed E-state index contributed by atoms with van der Waals surface area (Å²) in [6.45, 7) is 45.4. The van der Waals surface area contributed by atoms with E-state index in [0.717, 1.165) is 22.5 Å². The molecule has 586 valence electrons. The summed E-state index contributed by atoms with van der Waals surface area (Å²) in [5.74, 6) is 0. The molecule has 3 aliphatic carbocycles. The third-order valence-electron chi connectivity index (χ3n) is 25.8. The largest absolute Gasteiger partial charge is 0.212 e. The van der Waals surface area contributed by atoms with Crippen molar-refractivity contribution in [2.75, 3.05) is 0 Å². The summed E-state index contributed by atoms with van der Waals surface area (Å²) in [5.41, 5.74) is 40.4. The Morgan fingerprint density at radius 2 is 0.487 bits per heavy atom. The zero-order valence-electron chi connectivity index (χ0n) is 79.7. The maximum absolute atomic E-state index is 7.77. The molecule has 113 heavy (non-hydrogen) atoms. The number of aromatic nitrogens is 5. The van der Waals surface area contributed by atoms with Crippen molar-refractivity contribution in [3.8, 4) is 78.5 Å². The van der Waals surface area contributed by atoms with Crippen LogP contribution in [0.3, 0.4) is 0 Å². The van der Waals surface area contributed by atoms with E-state index in [1.54, 1.807) is 18.0 Å². The Morgan fingerprint density at radius 1 is 0.212 bits per heavy atom. The van der Waals surface area contributed by atoms with Crippen molar-refractivity contribution in [1.29, 1.82) is 0 Å². The van der Waals surface area contributed by atoms with E-state index < -0.39 is 13.7 Å². The van der Waals surface area contributed by atoms with Crippen LogP contribution in [0, 0.1) is 82.9 Å². The van der Waals surface area contributed by atoms with E-state index in [4.69, 9.17) is 8.22 Å². The van der Waals surface area contributed by atoms with E-state index in [1.807, 2.05) is 55.3 Å². The molecule has 0 saturated heterocycles. The molecule has 0 aliphatic heterocycles. The van der Waals surface area contributed by atoms with Gasteiger partial charge < -0.3 is 0 Å². The molecule has 0 fully saturated rings. The highest BCUT2D eigenvalue weighted by molar-refractivity contribution is 5.72. The number of hydrogen-bond donors (Lipinski definition) is 0. The van der Waals surface area contributed by atoms with Crippen LogP contribution in [0.25, 0.3) is 78.5 Å². The Hall–Kier alpha value is -9.71. The third-order valence-corrected chi connectivity index (χ3v) is 25.8. The first-order valence-electron chi connectivity index (χ1n) is 44.1. The Bertz CT molecular complexity index is 5620. The maximum Gasteiger partial charge on any atom is 0.212 e. The van der Waals surface area contributed by atoms with Gasteiger partial charge in [-0.3, -0.25) is 0 Å². The molecule has 0 N–H and O–H groups in total. The number of hydrogen-bond acceptors (Lipinski definition) is 0. The minimum Gasteiger partial charge on any atom is -0.201 e. The van der Waals surface area contributed by atoms with Gasteiger partial charge >= 0.3 is 0 Å². The van der Waals surface area contributed by atoms with Gasteiger partial charge in [0.05, 0.1) is 0 Å². The lowest BCUT2D eigenvalue weighted by molar-refractivity contribution is -0.660. The fourth-order valence-corrected chi connectivity index (χ4v) is 17.5. The van der Waals surface area contributed by atoms with Crippen molar-refractivity contribution < 1.29 is 31.1 Å². The second-order valence-electron chi connectivity index (χ2n) is 37.5. The van der Waals surface area contributed by atoms with Gasteiger partial charge in [-0.05, 0) is 285 Å². The van der Waals surface area contributed by atoms with Gasteiger partial charge in [-0.1, -0.05) is 198 Å². The highest BCUT2D eigenvalue weighted by atomic mass is 14.9. The van der Waals surface area contributed by atoms with Crippen LogP contribution < -0.4 is 22.8 Å². The summed E-state index contributed by atoms with van der Waals surface area (Å²) in [4.78, 5) is 0. The summed E-state index contributed by atoms with van der Waals surface area (Å²) in [6.07, 6.45) is 17.5. The molecule has 15 rings (SSSR count). The first kappa shape index (κ1) is 75.9. The lowest BCUT2D eigenvalue weighted by Gasteiger charge is -2.42. The van der Waals surface area contributed by atoms with Gasteiger partial charge in [0.2, 0.25) is 28.5 Å². The van der Waals surface area contributed by atoms with Crippen LogP contribution in [0.15, 0.2) is 213 Å². The van der Waals surface area contributed by atoms with Gasteiger partial charge in [-0.25, -0.2) is 22.8 Å². The number of fused-ring (bicyclic) bond motifs is 3. The van der Waals surface area contributed by atoms with Crippen molar-refractivity contribution in [1.82, 2.24) is 0 Å². The topological polar surface area (TPSA) is 19.4 Å². The Labute approximate surface area is 691 Å². The number of benzene rings is 7. The number of rotatable bonds is 7. The molecule has 5 aromatic heterocycles. The molecule has 0 bridgehead atoms. The van der Waals surface area contributed by atoms with E-state index in [-0.39, 0.29) is 32.5 Å². The summed E-state index contributed by atoms with van der Waals surface area (Å²) in [5, 5.41) is 0. The smallest absolute Gasteiger partial charge is 0.201 e. The van der Waals surface area contributed by atoms with E-state index in [9.17, 15) is 0 Å². The summed E-state index contributed by atoms with van der Waals surface area (Å²) in [7, 11) is 10.3. The first-order chi connectivity index (χ1) is 55.4. The molecule has 5 nitrogen and oxygen atoms in total. The van der Waals surface area contributed by atoms with E-state index in [1.165, 1.54) is 178 Å². The van der Waals surface area contributed by atoms with Gasteiger partial charge in [-0.2, -0.15) is 0 Å². The standard InChI is InChI=1S/3C23H32N.C20H20N.C19H18N/c3*1-15-12-21(24(8)14-17(15)3)18-13-20-19(11-16(18)2)22(4,5)9-10-23(20,6)7;1-15-9-7-8-12-18(15)20-13-16(2)19(14-21(20)3)17-10-5-4-6-11-17;1-15-8-6-7-11-18(15)19-13-12-17(14-20(19)2)16-9-4-3-5-10-16/h3*11-14H,9-10H2,1-8H3;4-14H,1-3H3;3-14H,1-2H3/q5*+1/i2*3D3;;;. The van der Waals surface area contributed by atoms with Crippen LogP contribution in [0.1, 0.15) is 230 Å². The fraction of sp³-hybridized carbons (Fsp3) is 0.380. The van der Waals surface area contributed by atoms with Gasteiger partial charge in [0.1, 0.15) is 35.2 Å². The second kappa shape index (κ2) is 33.0. The average molecular weight is 1510 g/mol. The minimum atomic E-state index is -2.09. The molecule has 5 heteroatoms. The normalized spacial score (nSPS) is 16.5. The van der Waals surface area contributed by atoms with Crippen LogP contribution in [0.4, 0.5) is 0 Å². The molecule has 5 heterocycles. The van der Waals surface area contributed by atoms with E-state index in [2.05, 4.69) is 356 Å². The lowest BCUT2D eigenvalue weighted by Crippen LogP contribution is -2.35. The molecule has 0 radical (unpaired) electrons. The van der Waals surface area contributed by atoms with Crippen LogP contribution in [-0.4, -0.2) is 0 Å². The van der Waals surface area contributed by atoms with Crippen LogP contribution in [-0.2, 0) is 67.7 Å². The SMILES string of the molecule is Cc1cc(-c2cc3c(cc2C)C(C)(C)CCC3(C)C)[n+](C)cc1C.Cc1cc(-c2ccccc2C)[n+](C)cc1-c1ccccc1.Cc1ccccc1-c1ccc(-c2ccccc2)c[n+]1C.[2H]C([2H])([2H])c1c[n+](C)c(-c2cc3c(cc2C)C(C)(C)CCC3(C)C)cc1C.[2H]C([2H])([2H])c1c[n+](C)c(-c2cc3c(cc2C)C(C)(C)CCC3(C)C)cc1C. The van der Waals surface area contributed by atoms with Crippen LogP contribution in [0.2, 0.25) is 0 Å². The quantitative estimate of drug-likeness (QED) is 0.142. The fourth-order valence-electron chi connectivity index (χ4n) is 17.5. The Balaban J connectivity index is 0.000000146. The van der Waals surface area contributed by atoms with Crippen molar-refractivity contribution in [2.24, 2.45) is 35.2 Å². The molecule has 0 unspecified atom stereocenters. The highest BCUT2D eigenvalue weighted by Gasteiger charge is 2.41. The van der Waals surface area contributed by atoms with Gasteiger partial charge in [0.15, 0.2) is 31.0 Å². The van der Waals surface area contributed by atoms with Crippen molar-refractivity contribution in [3.63, 3.8) is 0 Å². The third kappa shape index (κ3) is 18.1.